The third-order valence-electron chi connectivity index (χ3n) is 3.99. The lowest BCUT2D eigenvalue weighted by Crippen LogP contribution is -2.44. The van der Waals surface area contributed by atoms with Crippen LogP contribution in [0.3, 0.4) is 0 Å². The number of unbranched alkanes of at least 4 members (excludes halogenated alkanes) is 3. The van der Waals surface area contributed by atoms with Crippen LogP contribution in [0.4, 0.5) is 0 Å². The number of amides is 1. The zero-order valence-electron chi connectivity index (χ0n) is 11.7. The minimum Gasteiger partial charge on any atom is -0.356 e. The summed E-state index contributed by atoms with van der Waals surface area (Å²) in [5.41, 5.74) is 5.55. The molecule has 1 fully saturated rings. The molecule has 0 atom stereocenters. The molecule has 0 bridgehead atoms. The number of hydrogen-bond donors (Lipinski definition) is 2. The van der Waals surface area contributed by atoms with Gasteiger partial charge in [-0.3, -0.25) is 4.79 Å². The van der Waals surface area contributed by atoms with Crippen LogP contribution in [0, 0.1) is 5.41 Å². The van der Waals surface area contributed by atoms with Crippen LogP contribution < -0.4 is 11.1 Å². The summed E-state index contributed by atoms with van der Waals surface area (Å²) in [6, 6.07) is 0. The zero-order valence-corrected chi connectivity index (χ0v) is 12.5. The first-order valence-electron chi connectivity index (χ1n) is 7.22. The van der Waals surface area contributed by atoms with Gasteiger partial charge in [0.05, 0.1) is 5.41 Å². The van der Waals surface area contributed by atoms with Gasteiger partial charge < -0.3 is 11.1 Å². The lowest BCUT2D eigenvalue weighted by atomic mass is 9.85. The molecule has 1 saturated carbocycles. The Bertz CT molecular complexity index is 240. The largest absolute Gasteiger partial charge is 0.356 e. The molecule has 0 aromatic rings. The highest BCUT2D eigenvalue weighted by atomic mass is 32.2. The van der Waals surface area contributed by atoms with Gasteiger partial charge in [-0.05, 0) is 37.7 Å². The molecule has 0 spiro atoms. The molecule has 18 heavy (non-hydrogen) atoms. The van der Waals surface area contributed by atoms with E-state index >= 15 is 0 Å². The van der Waals surface area contributed by atoms with Crippen molar-refractivity contribution in [2.75, 3.05) is 25.1 Å². The number of rotatable bonds is 9. The molecule has 0 aromatic heterocycles. The topological polar surface area (TPSA) is 55.1 Å². The van der Waals surface area contributed by atoms with Gasteiger partial charge in [-0.2, -0.15) is 11.8 Å². The predicted molar refractivity (Wildman–Crippen MR) is 79.8 cm³/mol. The smallest absolute Gasteiger partial charge is 0.227 e. The molecule has 0 radical (unpaired) electrons. The molecule has 0 unspecified atom stereocenters. The summed E-state index contributed by atoms with van der Waals surface area (Å²) >= 11 is 1.91. The van der Waals surface area contributed by atoms with Gasteiger partial charge in [0, 0.05) is 13.1 Å². The Morgan fingerprint density at radius 2 is 1.89 bits per heavy atom. The SMILES string of the molecule is CSCCCCCCNC(=O)C1(CN)CCCC1. The van der Waals surface area contributed by atoms with Crippen molar-refractivity contribution in [2.45, 2.75) is 51.4 Å². The van der Waals surface area contributed by atoms with Crippen LogP contribution in [-0.2, 0) is 4.79 Å². The number of carbonyl (C=O) groups excluding carboxylic acids is 1. The van der Waals surface area contributed by atoms with Crippen LogP contribution >= 0.6 is 11.8 Å². The van der Waals surface area contributed by atoms with Crippen LogP contribution in [0.15, 0.2) is 0 Å². The van der Waals surface area contributed by atoms with Gasteiger partial charge in [0.2, 0.25) is 5.91 Å². The van der Waals surface area contributed by atoms with Crippen LogP contribution in [0.1, 0.15) is 51.4 Å². The zero-order chi connectivity index (χ0) is 13.3. The van der Waals surface area contributed by atoms with Crippen molar-refractivity contribution in [3.63, 3.8) is 0 Å². The molecule has 4 heteroatoms. The third kappa shape index (κ3) is 4.81. The second kappa shape index (κ2) is 8.81. The molecule has 1 rings (SSSR count). The lowest BCUT2D eigenvalue weighted by Gasteiger charge is -2.25. The van der Waals surface area contributed by atoms with E-state index in [4.69, 9.17) is 5.73 Å². The van der Waals surface area contributed by atoms with Crippen molar-refractivity contribution in [3.05, 3.63) is 0 Å². The molecule has 0 saturated heterocycles. The van der Waals surface area contributed by atoms with Gasteiger partial charge >= 0.3 is 0 Å². The summed E-state index contributed by atoms with van der Waals surface area (Å²) in [4.78, 5) is 12.1. The molecule has 0 aromatic carbocycles. The average molecular weight is 272 g/mol. The molecule has 0 heterocycles. The fourth-order valence-corrected chi connectivity index (χ4v) is 3.18. The van der Waals surface area contributed by atoms with Gasteiger partial charge in [-0.25, -0.2) is 0 Å². The Hall–Kier alpha value is -0.220. The summed E-state index contributed by atoms with van der Waals surface area (Å²) in [6.07, 6.45) is 11.3. The van der Waals surface area contributed by atoms with Gasteiger partial charge in [0.15, 0.2) is 0 Å². The number of hydrogen-bond acceptors (Lipinski definition) is 3. The molecule has 1 aliphatic carbocycles. The van der Waals surface area contributed by atoms with Crippen molar-refractivity contribution < 1.29 is 4.79 Å². The van der Waals surface area contributed by atoms with Crippen LogP contribution in [0.25, 0.3) is 0 Å². The van der Waals surface area contributed by atoms with Crippen molar-refractivity contribution in [1.82, 2.24) is 5.32 Å². The van der Waals surface area contributed by atoms with E-state index in [1.807, 2.05) is 11.8 Å². The summed E-state index contributed by atoms with van der Waals surface area (Å²) in [7, 11) is 0. The van der Waals surface area contributed by atoms with Crippen molar-refractivity contribution >= 4 is 17.7 Å². The van der Waals surface area contributed by atoms with Crippen molar-refractivity contribution in [2.24, 2.45) is 11.1 Å². The van der Waals surface area contributed by atoms with Gasteiger partial charge in [0.25, 0.3) is 0 Å². The Labute approximate surface area is 116 Å². The molecule has 1 amide bonds. The molecular weight excluding hydrogens is 244 g/mol. The van der Waals surface area contributed by atoms with E-state index in [-0.39, 0.29) is 11.3 Å². The number of carbonyl (C=O) groups is 1. The van der Waals surface area contributed by atoms with Gasteiger partial charge in [-0.1, -0.05) is 25.7 Å². The molecule has 3 nitrogen and oxygen atoms in total. The quantitative estimate of drug-likeness (QED) is 0.634. The Morgan fingerprint density at radius 1 is 1.22 bits per heavy atom. The first-order valence-corrected chi connectivity index (χ1v) is 8.62. The maximum atomic E-state index is 12.1. The monoisotopic (exact) mass is 272 g/mol. The summed E-state index contributed by atoms with van der Waals surface area (Å²) in [5, 5.41) is 3.08. The molecule has 106 valence electrons. The Balaban J connectivity index is 2.09. The number of thioether (sulfide) groups is 1. The van der Waals surface area contributed by atoms with Crippen LogP contribution in [-0.4, -0.2) is 31.0 Å². The standard InChI is InChI=1S/C14H28N2OS/c1-18-11-7-3-2-6-10-16-13(17)14(12-15)8-4-5-9-14/h2-12,15H2,1H3,(H,16,17). The van der Waals surface area contributed by atoms with E-state index in [9.17, 15) is 4.79 Å². The minimum absolute atomic E-state index is 0.201. The van der Waals surface area contributed by atoms with E-state index < -0.39 is 0 Å². The van der Waals surface area contributed by atoms with Gasteiger partial charge in [0.1, 0.15) is 0 Å². The summed E-state index contributed by atoms with van der Waals surface area (Å²) < 4.78 is 0. The fraction of sp³-hybridized carbons (Fsp3) is 0.929. The third-order valence-corrected chi connectivity index (χ3v) is 4.69. The van der Waals surface area contributed by atoms with Crippen LogP contribution in [0.5, 0.6) is 0 Å². The first kappa shape index (κ1) is 15.8. The normalized spacial score (nSPS) is 17.9. The molecule has 3 N–H and O–H groups in total. The van der Waals surface area contributed by atoms with E-state index in [1.54, 1.807) is 0 Å². The Kier molecular flexibility index (Phi) is 7.75. The highest BCUT2D eigenvalue weighted by Gasteiger charge is 2.39. The van der Waals surface area contributed by atoms with Crippen molar-refractivity contribution in [3.8, 4) is 0 Å². The molecular formula is C14H28N2OS. The maximum Gasteiger partial charge on any atom is 0.227 e. The van der Waals surface area contributed by atoms with Gasteiger partial charge in [-0.15, -0.1) is 0 Å². The highest BCUT2D eigenvalue weighted by molar-refractivity contribution is 7.98. The first-order chi connectivity index (χ1) is 8.75. The maximum absolute atomic E-state index is 12.1. The second-order valence-corrected chi connectivity index (χ2v) is 6.34. The molecule has 1 aliphatic rings. The number of nitrogens with two attached hydrogens (primary N) is 1. The second-order valence-electron chi connectivity index (χ2n) is 5.35. The van der Waals surface area contributed by atoms with E-state index in [1.165, 1.54) is 25.0 Å². The predicted octanol–water partition coefficient (Wildman–Crippen LogP) is 2.55. The molecule has 0 aliphatic heterocycles. The summed E-state index contributed by atoms with van der Waals surface area (Å²) in [6.45, 7) is 1.33. The van der Waals surface area contributed by atoms with Crippen LogP contribution in [0.2, 0.25) is 0 Å². The minimum atomic E-state index is -0.237. The summed E-state index contributed by atoms with van der Waals surface area (Å²) in [5.74, 6) is 1.45. The number of nitrogens with one attached hydrogen (secondary N) is 1. The van der Waals surface area contributed by atoms with E-state index in [0.29, 0.717) is 6.54 Å². The van der Waals surface area contributed by atoms with E-state index in [0.717, 1.165) is 38.6 Å². The van der Waals surface area contributed by atoms with E-state index in [2.05, 4.69) is 11.6 Å². The van der Waals surface area contributed by atoms with Crippen molar-refractivity contribution in [1.29, 1.82) is 0 Å². The Morgan fingerprint density at radius 3 is 2.50 bits per heavy atom. The highest BCUT2D eigenvalue weighted by Crippen LogP contribution is 2.37. The lowest BCUT2D eigenvalue weighted by molar-refractivity contribution is -0.130. The average Bonchev–Trinajstić information content (AvgIpc) is 2.87. The fourth-order valence-electron chi connectivity index (χ4n) is 2.69.